The van der Waals surface area contributed by atoms with Gasteiger partial charge in [-0.15, -0.1) is 23.1 Å². The molecular weight excluding hydrogens is 591 g/mol. The number of benzene rings is 2. The van der Waals surface area contributed by atoms with E-state index in [0.717, 1.165) is 10.5 Å². The second-order valence-corrected chi connectivity index (χ2v) is 12.8. The van der Waals surface area contributed by atoms with Crippen molar-refractivity contribution in [3.05, 3.63) is 80.5 Å². The summed E-state index contributed by atoms with van der Waals surface area (Å²) in [6, 6.07) is 14.4. The summed E-state index contributed by atoms with van der Waals surface area (Å²) in [4.78, 5) is 40.8. The predicted molar refractivity (Wildman–Crippen MR) is 160 cm³/mol. The molecule has 0 saturated heterocycles. The Balaban J connectivity index is 2.02. The number of carboxylic acids is 1. The monoisotopic (exact) mass is 619 g/mol. The van der Waals surface area contributed by atoms with E-state index < -0.39 is 33.8 Å². The summed E-state index contributed by atoms with van der Waals surface area (Å²) in [5.41, 5.74) is 0.261. The first kappa shape index (κ1) is 30.5. The number of carbonyl (C=O) groups is 1. The van der Waals surface area contributed by atoms with Gasteiger partial charge in [0.05, 0.1) is 17.7 Å². The third kappa shape index (κ3) is 6.73. The van der Waals surface area contributed by atoms with Crippen molar-refractivity contribution < 1.29 is 27.8 Å². The highest BCUT2D eigenvalue weighted by molar-refractivity contribution is 7.98. The van der Waals surface area contributed by atoms with Gasteiger partial charge in [-0.2, -0.15) is 0 Å². The molecule has 0 saturated carbocycles. The van der Waals surface area contributed by atoms with Crippen LogP contribution in [0.5, 0.6) is 5.75 Å². The molecule has 0 aliphatic carbocycles. The number of hydrogen-bond acceptors (Lipinski definition) is 9. The number of methoxy groups -OCH3 is 1. The van der Waals surface area contributed by atoms with Gasteiger partial charge in [0.15, 0.2) is 6.79 Å². The van der Waals surface area contributed by atoms with E-state index in [0.29, 0.717) is 31.2 Å². The summed E-state index contributed by atoms with van der Waals surface area (Å²) in [6.07, 6.45) is 1.91. The van der Waals surface area contributed by atoms with Crippen molar-refractivity contribution in [2.45, 2.75) is 31.5 Å². The zero-order chi connectivity index (χ0) is 29.7. The summed E-state index contributed by atoms with van der Waals surface area (Å²) >= 11 is 2.67. The van der Waals surface area contributed by atoms with Crippen LogP contribution in [0.1, 0.15) is 18.1 Å². The van der Waals surface area contributed by atoms with Crippen LogP contribution in [0.2, 0.25) is 0 Å². The van der Waals surface area contributed by atoms with Crippen molar-refractivity contribution in [2.75, 3.05) is 25.9 Å². The molecule has 0 atom stereocenters. The lowest BCUT2D eigenvalue weighted by molar-refractivity contribution is -0.137. The number of sulfonamides is 1. The molecule has 0 unspecified atom stereocenters. The Morgan fingerprint density at radius 1 is 1.10 bits per heavy atom. The third-order valence-electron chi connectivity index (χ3n) is 6.28. The van der Waals surface area contributed by atoms with Gasteiger partial charge in [0.25, 0.3) is 5.56 Å². The van der Waals surface area contributed by atoms with E-state index in [9.17, 15) is 27.9 Å². The van der Waals surface area contributed by atoms with Crippen LogP contribution in [0.15, 0.2) is 63.0 Å². The first-order valence-electron chi connectivity index (χ1n) is 12.4. The van der Waals surface area contributed by atoms with E-state index in [-0.39, 0.29) is 31.0 Å². The van der Waals surface area contributed by atoms with Gasteiger partial charge in [0.2, 0.25) is 10.0 Å². The second-order valence-electron chi connectivity index (χ2n) is 8.86. The summed E-state index contributed by atoms with van der Waals surface area (Å²) in [6.45, 7) is 0.563. The molecule has 41 heavy (non-hydrogen) atoms. The van der Waals surface area contributed by atoms with Crippen molar-refractivity contribution in [3.8, 4) is 16.2 Å². The normalized spacial score (nSPS) is 11.7. The number of fused-ring (bicyclic) bond motifs is 1. The molecule has 2 N–H and O–H groups in total. The molecule has 0 spiro atoms. The van der Waals surface area contributed by atoms with Crippen molar-refractivity contribution in [1.29, 1.82) is 0 Å². The molecular formula is C27H29N3O8S3. The van der Waals surface area contributed by atoms with E-state index in [1.807, 2.05) is 30.5 Å². The van der Waals surface area contributed by atoms with Crippen LogP contribution >= 0.6 is 23.1 Å². The highest BCUT2D eigenvalue weighted by Gasteiger charge is 2.25. The number of carboxylic acid groups (broad SMARTS) is 1. The molecule has 0 radical (unpaired) electrons. The molecule has 11 nitrogen and oxygen atoms in total. The lowest BCUT2D eigenvalue weighted by Gasteiger charge is -2.13. The van der Waals surface area contributed by atoms with Crippen LogP contribution in [-0.2, 0) is 39.2 Å². The Morgan fingerprint density at radius 3 is 2.44 bits per heavy atom. The summed E-state index contributed by atoms with van der Waals surface area (Å²) in [5, 5.41) is 9.60. The van der Waals surface area contributed by atoms with Gasteiger partial charge < -0.3 is 14.6 Å². The standard InChI is InChI=1S/C27H29N3O8S3/c1-4-41(35,36)28-13-20-23-25(33)29(15-22(31)32)27(34)30(14-18-7-5-6-8-21(18)39-3)26(23)40-24(20)17-9-11-19(12-10-17)38-16-37-2/h5-12,28H,4,13-16H2,1-3H3,(H,31,32). The zero-order valence-electron chi connectivity index (χ0n) is 22.6. The fourth-order valence-electron chi connectivity index (χ4n) is 4.25. The number of thioether (sulfide) groups is 1. The fourth-order valence-corrected chi connectivity index (χ4v) is 6.74. The minimum Gasteiger partial charge on any atom is -0.480 e. The lowest BCUT2D eigenvalue weighted by atomic mass is 10.1. The molecule has 14 heteroatoms. The molecule has 0 fully saturated rings. The molecule has 4 rings (SSSR count). The van der Waals surface area contributed by atoms with E-state index >= 15 is 0 Å². The molecule has 4 aromatic rings. The maximum atomic E-state index is 13.7. The average molecular weight is 620 g/mol. The minimum atomic E-state index is -3.65. The molecule has 0 aliphatic heterocycles. The maximum absolute atomic E-state index is 13.7. The molecule has 0 aliphatic rings. The predicted octanol–water partition coefficient (Wildman–Crippen LogP) is 3.17. The molecule has 0 bridgehead atoms. The van der Waals surface area contributed by atoms with Crippen LogP contribution in [0.25, 0.3) is 20.7 Å². The average Bonchev–Trinajstić information content (AvgIpc) is 3.35. The Hall–Kier alpha value is -3.43. The van der Waals surface area contributed by atoms with Gasteiger partial charge in [-0.3, -0.25) is 14.2 Å². The number of aromatic nitrogens is 2. The number of ether oxygens (including phenoxy) is 2. The SMILES string of the molecule is CCS(=O)(=O)NCc1c(-c2ccc(OCOC)cc2)sc2c1c(=O)n(CC(=O)O)c(=O)n2Cc1ccccc1SC. The largest absolute Gasteiger partial charge is 0.480 e. The van der Waals surface area contributed by atoms with E-state index in [1.165, 1.54) is 41.7 Å². The Bertz CT molecular complexity index is 1790. The lowest BCUT2D eigenvalue weighted by Crippen LogP contribution is -2.41. The van der Waals surface area contributed by atoms with E-state index in [2.05, 4.69) is 4.72 Å². The van der Waals surface area contributed by atoms with E-state index in [4.69, 9.17) is 9.47 Å². The highest BCUT2D eigenvalue weighted by atomic mass is 32.2. The van der Waals surface area contributed by atoms with Gasteiger partial charge in [-0.25, -0.2) is 22.5 Å². The first-order valence-corrected chi connectivity index (χ1v) is 16.1. The molecule has 2 aromatic heterocycles. The molecule has 0 amide bonds. The highest BCUT2D eigenvalue weighted by Crippen LogP contribution is 2.38. The Morgan fingerprint density at radius 2 is 1.80 bits per heavy atom. The minimum absolute atomic E-state index is 0.0548. The number of rotatable bonds is 13. The smallest absolute Gasteiger partial charge is 0.332 e. The van der Waals surface area contributed by atoms with Crippen LogP contribution < -0.4 is 20.7 Å². The number of aliphatic carboxylic acids is 1. The fraction of sp³-hybridized carbons (Fsp3) is 0.296. The van der Waals surface area contributed by atoms with Crippen molar-refractivity contribution in [3.63, 3.8) is 0 Å². The Kier molecular flexibility index (Phi) is 9.71. The van der Waals surface area contributed by atoms with Gasteiger partial charge in [0.1, 0.15) is 17.1 Å². The van der Waals surface area contributed by atoms with Crippen LogP contribution in [0.3, 0.4) is 0 Å². The molecule has 218 valence electrons. The first-order chi connectivity index (χ1) is 19.6. The van der Waals surface area contributed by atoms with Crippen LogP contribution in [-0.4, -0.2) is 54.5 Å². The summed E-state index contributed by atoms with van der Waals surface area (Å²) < 4.78 is 39.8. The maximum Gasteiger partial charge on any atom is 0.332 e. The van der Waals surface area contributed by atoms with E-state index in [1.54, 1.807) is 24.3 Å². The number of thiophene rings is 1. The zero-order valence-corrected chi connectivity index (χ0v) is 25.0. The second kappa shape index (κ2) is 13.0. The third-order valence-corrected chi connectivity index (χ3v) is 9.76. The van der Waals surface area contributed by atoms with Crippen molar-refractivity contribution in [1.82, 2.24) is 13.9 Å². The summed E-state index contributed by atoms with van der Waals surface area (Å²) in [7, 11) is -2.15. The van der Waals surface area contributed by atoms with Crippen LogP contribution in [0, 0.1) is 0 Å². The number of hydrogen-bond donors (Lipinski definition) is 2. The van der Waals surface area contributed by atoms with Crippen LogP contribution in [0.4, 0.5) is 0 Å². The number of nitrogens with one attached hydrogen (secondary N) is 1. The van der Waals surface area contributed by atoms with Crippen molar-refractivity contribution in [2.24, 2.45) is 0 Å². The number of nitrogens with zero attached hydrogens (tertiary/aromatic N) is 2. The molecule has 2 aromatic carbocycles. The van der Waals surface area contributed by atoms with Gasteiger partial charge >= 0.3 is 11.7 Å². The quantitative estimate of drug-likeness (QED) is 0.170. The Labute approximate surface area is 244 Å². The van der Waals surface area contributed by atoms with Gasteiger partial charge in [0, 0.05) is 29.0 Å². The van der Waals surface area contributed by atoms with Gasteiger partial charge in [-0.1, -0.05) is 18.2 Å². The van der Waals surface area contributed by atoms with Gasteiger partial charge in [-0.05, 0) is 54.6 Å². The summed E-state index contributed by atoms with van der Waals surface area (Å²) in [5.74, 6) is -0.982. The molecule has 2 heterocycles. The van der Waals surface area contributed by atoms with Crippen molar-refractivity contribution >= 4 is 49.3 Å². The topological polar surface area (TPSA) is 146 Å².